The Morgan fingerprint density at radius 2 is 2.06 bits per heavy atom. The molecule has 5 rings (SSSR count). The van der Waals surface area contributed by atoms with Gasteiger partial charge in [-0.2, -0.15) is 5.10 Å². The number of carbonyl (C=O) groups is 1. The third-order valence-corrected chi connectivity index (χ3v) is 6.52. The molecular weight excluding hydrogens is 446 g/mol. The van der Waals surface area contributed by atoms with Crippen LogP contribution in [0.5, 0.6) is 17.2 Å². The van der Waals surface area contributed by atoms with Gasteiger partial charge in [0.1, 0.15) is 17.1 Å². The smallest absolute Gasteiger partial charge is 0.273 e. The summed E-state index contributed by atoms with van der Waals surface area (Å²) in [7, 11) is 1.61. The van der Waals surface area contributed by atoms with Gasteiger partial charge < -0.3 is 24.2 Å². The number of aromatic hydroxyl groups is 1. The SMILES string of the molecule is COc1cc([C@H]2c3c(-c4ccccc4O)n[nH]c3C(=O)N2C[C@@H]2CCCO2)ccc1OCC(C)C. The third-order valence-electron chi connectivity index (χ3n) is 6.52. The second-order valence-electron chi connectivity index (χ2n) is 9.49. The van der Waals surface area contributed by atoms with Crippen molar-refractivity contribution in [1.29, 1.82) is 0 Å². The highest BCUT2D eigenvalue weighted by atomic mass is 16.5. The number of amides is 1. The van der Waals surface area contributed by atoms with Gasteiger partial charge in [0.05, 0.1) is 25.9 Å². The molecule has 2 aliphatic rings. The number of nitrogens with one attached hydrogen (secondary N) is 1. The van der Waals surface area contributed by atoms with Crippen molar-refractivity contribution >= 4 is 5.91 Å². The molecule has 3 heterocycles. The molecule has 0 aliphatic carbocycles. The van der Waals surface area contributed by atoms with Gasteiger partial charge in [-0.25, -0.2) is 0 Å². The van der Waals surface area contributed by atoms with Gasteiger partial charge in [-0.15, -0.1) is 0 Å². The number of hydrogen-bond acceptors (Lipinski definition) is 6. The van der Waals surface area contributed by atoms with E-state index in [0.717, 1.165) is 24.0 Å². The van der Waals surface area contributed by atoms with E-state index < -0.39 is 6.04 Å². The second-order valence-corrected chi connectivity index (χ2v) is 9.49. The topological polar surface area (TPSA) is 96.9 Å². The Balaban J connectivity index is 1.60. The Morgan fingerprint density at radius 1 is 1.23 bits per heavy atom. The van der Waals surface area contributed by atoms with E-state index in [4.69, 9.17) is 14.2 Å². The highest BCUT2D eigenvalue weighted by molar-refractivity contribution is 6.00. The molecule has 1 fully saturated rings. The van der Waals surface area contributed by atoms with Gasteiger partial charge in [0, 0.05) is 24.3 Å². The molecule has 1 aromatic heterocycles. The first-order valence-electron chi connectivity index (χ1n) is 12.1. The number of benzene rings is 2. The van der Waals surface area contributed by atoms with Gasteiger partial charge in [-0.05, 0) is 48.6 Å². The molecule has 184 valence electrons. The van der Waals surface area contributed by atoms with E-state index in [1.807, 2.05) is 29.2 Å². The number of fused-ring (bicyclic) bond motifs is 1. The standard InChI is InChI=1S/C27H31N3O5/c1-16(2)15-35-21-11-10-17(13-22(21)33-3)26-23-24(19-8-4-5-9-20(19)31)28-29-25(23)27(32)30(26)14-18-7-6-12-34-18/h4-5,8-11,13,16,18,26,31H,6-7,12,14-15H2,1-3H3,(H,28,29)/t18-,26-/m0/s1. The zero-order valence-corrected chi connectivity index (χ0v) is 20.3. The first-order chi connectivity index (χ1) is 17.0. The number of phenols is 1. The molecule has 1 amide bonds. The quantitative estimate of drug-likeness (QED) is 0.494. The van der Waals surface area contributed by atoms with E-state index >= 15 is 0 Å². The van der Waals surface area contributed by atoms with Gasteiger partial charge >= 0.3 is 0 Å². The molecule has 2 N–H and O–H groups in total. The van der Waals surface area contributed by atoms with E-state index in [-0.39, 0.29) is 17.8 Å². The summed E-state index contributed by atoms with van der Waals surface area (Å²) in [6.45, 7) is 5.94. The van der Waals surface area contributed by atoms with Crippen LogP contribution in [0.25, 0.3) is 11.3 Å². The lowest BCUT2D eigenvalue weighted by molar-refractivity contribution is 0.0495. The summed E-state index contributed by atoms with van der Waals surface area (Å²) in [5, 5.41) is 17.9. The summed E-state index contributed by atoms with van der Waals surface area (Å²) >= 11 is 0. The van der Waals surface area contributed by atoms with Crippen LogP contribution in [0.3, 0.4) is 0 Å². The molecule has 0 bridgehead atoms. The largest absolute Gasteiger partial charge is 0.507 e. The Labute approximate surface area is 204 Å². The van der Waals surface area contributed by atoms with Crippen LogP contribution in [-0.2, 0) is 4.74 Å². The molecule has 8 nitrogen and oxygen atoms in total. The van der Waals surface area contributed by atoms with Crippen molar-refractivity contribution in [3.63, 3.8) is 0 Å². The normalized spacial score (nSPS) is 19.4. The fraction of sp³-hybridized carbons (Fsp3) is 0.407. The monoisotopic (exact) mass is 477 g/mol. The third kappa shape index (κ3) is 4.34. The Morgan fingerprint density at radius 3 is 2.77 bits per heavy atom. The van der Waals surface area contributed by atoms with Crippen LogP contribution in [0, 0.1) is 5.92 Å². The van der Waals surface area contributed by atoms with Crippen molar-refractivity contribution in [3.05, 3.63) is 59.3 Å². The fourth-order valence-corrected chi connectivity index (χ4v) is 4.85. The van der Waals surface area contributed by atoms with Crippen molar-refractivity contribution < 1.29 is 24.1 Å². The summed E-state index contributed by atoms with van der Waals surface area (Å²) < 4.78 is 17.5. The van der Waals surface area contributed by atoms with Crippen LogP contribution < -0.4 is 9.47 Å². The van der Waals surface area contributed by atoms with Crippen molar-refractivity contribution in [1.82, 2.24) is 15.1 Å². The van der Waals surface area contributed by atoms with Crippen molar-refractivity contribution in [3.8, 4) is 28.5 Å². The van der Waals surface area contributed by atoms with E-state index in [9.17, 15) is 9.90 Å². The van der Waals surface area contributed by atoms with Gasteiger partial charge in [0.2, 0.25) is 0 Å². The van der Waals surface area contributed by atoms with Gasteiger partial charge in [0.15, 0.2) is 11.5 Å². The van der Waals surface area contributed by atoms with Crippen LogP contribution >= 0.6 is 0 Å². The second kappa shape index (κ2) is 9.62. The number of nitrogens with zero attached hydrogens (tertiary/aromatic N) is 2. The first kappa shape index (κ1) is 23.2. The van der Waals surface area contributed by atoms with Crippen molar-refractivity contribution in [2.24, 2.45) is 5.92 Å². The fourth-order valence-electron chi connectivity index (χ4n) is 4.85. The summed E-state index contributed by atoms with van der Waals surface area (Å²) in [6.07, 6.45) is 1.89. The minimum Gasteiger partial charge on any atom is -0.507 e. The Hall–Kier alpha value is -3.52. The van der Waals surface area contributed by atoms with Crippen LogP contribution in [0.2, 0.25) is 0 Å². The summed E-state index contributed by atoms with van der Waals surface area (Å²) in [4.78, 5) is 15.4. The Bertz CT molecular complexity index is 1220. The maximum Gasteiger partial charge on any atom is 0.273 e. The number of carbonyl (C=O) groups excluding carboxylic acids is 1. The summed E-state index contributed by atoms with van der Waals surface area (Å²) in [5.41, 5.74) is 3.19. The van der Waals surface area contributed by atoms with Crippen LogP contribution in [-0.4, -0.2) is 59.1 Å². The van der Waals surface area contributed by atoms with Crippen molar-refractivity contribution in [2.45, 2.75) is 38.8 Å². The first-order valence-corrected chi connectivity index (χ1v) is 12.1. The number of H-pyrrole nitrogens is 1. The number of ether oxygens (including phenoxy) is 3. The average molecular weight is 478 g/mol. The number of aromatic amines is 1. The van der Waals surface area contributed by atoms with E-state index in [1.54, 1.807) is 25.3 Å². The highest BCUT2D eigenvalue weighted by Gasteiger charge is 2.44. The molecule has 2 aliphatic heterocycles. The van der Waals surface area contributed by atoms with Crippen LogP contribution in [0.1, 0.15) is 54.3 Å². The van der Waals surface area contributed by atoms with Crippen molar-refractivity contribution in [2.75, 3.05) is 26.9 Å². The Kier molecular flexibility index (Phi) is 6.38. The molecule has 0 radical (unpaired) electrons. The van der Waals surface area contributed by atoms with Crippen LogP contribution in [0.15, 0.2) is 42.5 Å². The molecule has 3 aromatic rings. The number of hydrogen-bond donors (Lipinski definition) is 2. The van der Waals surface area contributed by atoms with Gasteiger partial charge in [0.25, 0.3) is 5.91 Å². The minimum atomic E-state index is -0.414. The number of aromatic nitrogens is 2. The highest BCUT2D eigenvalue weighted by Crippen LogP contribution is 2.46. The van der Waals surface area contributed by atoms with E-state index in [0.29, 0.717) is 54.1 Å². The zero-order chi connectivity index (χ0) is 24.5. The molecule has 0 unspecified atom stereocenters. The lowest BCUT2D eigenvalue weighted by atomic mass is 9.95. The lowest BCUT2D eigenvalue weighted by Crippen LogP contribution is -2.36. The van der Waals surface area contributed by atoms with E-state index in [1.165, 1.54) is 0 Å². The molecule has 0 spiro atoms. The lowest BCUT2D eigenvalue weighted by Gasteiger charge is -2.29. The molecule has 2 atom stereocenters. The zero-order valence-electron chi connectivity index (χ0n) is 20.3. The average Bonchev–Trinajstić information content (AvgIpc) is 3.58. The maximum absolute atomic E-state index is 13.6. The van der Waals surface area contributed by atoms with Gasteiger partial charge in [-0.1, -0.05) is 32.0 Å². The number of methoxy groups -OCH3 is 1. The summed E-state index contributed by atoms with van der Waals surface area (Å²) in [5.74, 6) is 1.62. The molecule has 1 saturated heterocycles. The van der Waals surface area contributed by atoms with Crippen LogP contribution in [0.4, 0.5) is 0 Å². The predicted octanol–water partition coefficient (Wildman–Crippen LogP) is 4.55. The molecule has 2 aromatic carbocycles. The summed E-state index contributed by atoms with van der Waals surface area (Å²) in [6, 6.07) is 12.4. The number of para-hydroxylation sites is 1. The molecule has 0 saturated carbocycles. The predicted molar refractivity (Wildman–Crippen MR) is 131 cm³/mol. The maximum atomic E-state index is 13.6. The molecular formula is C27H31N3O5. The molecule has 8 heteroatoms. The number of phenolic OH excluding ortho intramolecular Hbond substituents is 1. The van der Waals surface area contributed by atoms with Gasteiger partial charge in [-0.3, -0.25) is 9.89 Å². The number of rotatable bonds is 8. The van der Waals surface area contributed by atoms with E-state index in [2.05, 4.69) is 24.0 Å². The minimum absolute atomic E-state index is 0.0115. The molecule has 35 heavy (non-hydrogen) atoms.